The van der Waals surface area contributed by atoms with Crippen LogP contribution in [-0.4, -0.2) is 11.1 Å². The quantitative estimate of drug-likeness (QED) is 0.576. The molecule has 0 aromatic heterocycles. The lowest BCUT2D eigenvalue weighted by molar-refractivity contribution is 0.0697. The van der Waals surface area contributed by atoms with Gasteiger partial charge in [-0.3, -0.25) is 0 Å². The van der Waals surface area contributed by atoms with Crippen LogP contribution in [0, 0.1) is 3.57 Å². The first-order valence-electron chi connectivity index (χ1n) is 7.10. The zero-order valence-electron chi connectivity index (χ0n) is 12.2. The van der Waals surface area contributed by atoms with Crippen LogP contribution in [-0.2, 0) is 0 Å². The smallest absolute Gasteiger partial charge is 0.337 e. The average molecular weight is 415 g/mol. The molecule has 0 saturated carbocycles. The number of hydrogen-bond donors (Lipinski definition) is 1. The van der Waals surface area contributed by atoms with Crippen molar-refractivity contribution in [3.63, 3.8) is 0 Å². The first kappa shape index (κ1) is 15.6. The average Bonchev–Trinajstić information content (AvgIpc) is 2.58. The molecule has 23 heavy (non-hydrogen) atoms. The summed E-state index contributed by atoms with van der Waals surface area (Å²) in [5.74, 6) is -0.935. The minimum Gasteiger partial charge on any atom is -0.478 e. The summed E-state index contributed by atoms with van der Waals surface area (Å²) in [5, 5.41) is 9.60. The number of halogens is 1. The summed E-state index contributed by atoms with van der Waals surface area (Å²) in [6.45, 7) is 0. The molecule has 3 rings (SSSR count). The van der Waals surface area contributed by atoms with Crippen molar-refractivity contribution < 1.29 is 9.90 Å². The van der Waals surface area contributed by atoms with Crippen LogP contribution in [0.3, 0.4) is 0 Å². The highest BCUT2D eigenvalue weighted by atomic mass is 127. The molecule has 4 heteroatoms. The van der Waals surface area contributed by atoms with E-state index in [1.165, 1.54) is 0 Å². The fourth-order valence-corrected chi connectivity index (χ4v) is 2.95. The SMILES string of the molecule is O=C(O)c1cc(I)ccc1N(c1ccccc1)c1ccccc1. The summed E-state index contributed by atoms with van der Waals surface area (Å²) >= 11 is 2.13. The Bertz CT molecular complexity index is 780. The first-order valence-corrected chi connectivity index (χ1v) is 8.18. The highest BCUT2D eigenvalue weighted by molar-refractivity contribution is 14.1. The first-order chi connectivity index (χ1) is 11.2. The lowest BCUT2D eigenvalue weighted by atomic mass is 10.1. The molecule has 0 bridgehead atoms. The van der Waals surface area contributed by atoms with Gasteiger partial charge in [0.15, 0.2) is 0 Å². The molecule has 0 unspecified atom stereocenters. The van der Waals surface area contributed by atoms with Crippen LogP contribution in [0.1, 0.15) is 10.4 Å². The third-order valence-electron chi connectivity index (χ3n) is 3.46. The van der Waals surface area contributed by atoms with Gasteiger partial charge in [-0.25, -0.2) is 4.79 Å². The van der Waals surface area contributed by atoms with Crippen LogP contribution >= 0.6 is 22.6 Å². The minimum atomic E-state index is -0.935. The van der Waals surface area contributed by atoms with Crippen molar-refractivity contribution in [2.45, 2.75) is 0 Å². The number of para-hydroxylation sites is 2. The van der Waals surface area contributed by atoms with Gasteiger partial charge in [-0.1, -0.05) is 36.4 Å². The Balaban J connectivity index is 2.23. The van der Waals surface area contributed by atoms with Gasteiger partial charge in [-0.2, -0.15) is 0 Å². The molecule has 0 spiro atoms. The van der Waals surface area contributed by atoms with Crippen LogP contribution in [0.25, 0.3) is 0 Å². The Morgan fingerprint density at radius 2 is 1.35 bits per heavy atom. The van der Waals surface area contributed by atoms with E-state index in [-0.39, 0.29) is 5.56 Å². The Hall–Kier alpha value is -2.34. The molecule has 0 aliphatic carbocycles. The van der Waals surface area contributed by atoms with Gasteiger partial charge >= 0.3 is 5.97 Å². The molecular weight excluding hydrogens is 401 g/mol. The van der Waals surface area contributed by atoms with Gasteiger partial charge in [-0.15, -0.1) is 0 Å². The number of hydrogen-bond acceptors (Lipinski definition) is 2. The second-order valence-electron chi connectivity index (χ2n) is 4.97. The lowest BCUT2D eigenvalue weighted by Crippen LogP contribution is -2.14. The number of carboxylic acids is 1. The Morgan fingerprint density at radius 1 is 0.826 bits per heavy atom. The summed E-state index contributed by atoms with van der Waals surface area (Å²) in [6.07, 6.45) is 0. The standard InChI is InChI=1S/C19H14INO2/c20-14-11-12-18(17(13-14)19(22)23)21(15-7-3-1-4-8-15)16-9-5-2-6-10-16/h1-13H,(H,22,23). The van der Waals surface area contributed by atoms with Crippen LogP contribution < -0.4 is 4.90 Å². The van der Waals surface area contributed by atoms with Gasteiger partial charge in [-0.05, 0) is 65.1 Å². The second kappa shape index (κ2) is 6.83. The molecule has 3 aromatic rings. The molecule has 0 radical (unpaired) electrons. The molecule has 3 aromatic carbocycles. The highest BCUT2D eigenvalue weighted by Crippen LogP contribution is 2.36. The molecule has 0 atom stereocenters. The third kappa shape index (κ3) is 3.37. The molecule has 114 valence electrons. The number of nitrogens with zero attached hydrogens (tertiary/aromatic N) is 1. The number of anilines is 3. The van der Waals surface area contributed by atoms with Crippen LogP contribution in [0.2, 0.25) is 0 Å². The van der Waals surface area contributed by atoms with E-state index >= 15 is 0 Å². The van der Waals surface area contributed by atoms with Crippen molar-refractivity contribution in [1.82, 2.24) is 0 Å². The Morgan fingerprint density at radius 3 is 1.83 bits per heavy atom. The predicted octanol–water partition coefficient (Wildman–Crippen LogP) is 5.46. The van der Waals surface area contributed by atoms with Gasteiger partial charge in [0.05, 0.1) is 11.3 Å². The van der Waals surface area contributed by atoms with Crippen LogP contribution in [0.15, 0.2) is 78.9 Å². The lowest BCUT2D eigenvalue weighted by Gasteiger charge is -2.26. The summed E-state index contributed by atoms with van der Waals surface area (Å²) in [5.41, 5.74) is 2.77. The van der Waals surface area contributed by atoms with Gasteiger partial charge in [0, 0.05) is 14.9 Å². The zero-order valence-corrected chi connectivity index (χ0v) is 14.3. The van der Waals surface area contributed by atoms with E-state index in [1.54, 1.807) is 6.07 Å². The maximum Gasteiger partial charge on any atom is 0.337 e. The molecular formula is C19H14INO2. The number of rotatable bonds is 4. The van der Waals surface area contributed by atoms with Crippen molar-refractivity contribution in [2.24, 2.45) is 0 Å². The van der Waals surface area contributed by atoms with E-state index in [0.29, 0.717) is 5.69 Å². The van der Waals surface area contributed by atoms with E-state index in [9.17, 15) is 9.90 Å². The topological polar surface area (TPSA) is 40.5 Å². The van der Waals surface area contributed by atoms with E-state index in [2.05, 4.69) is 22.6 Å². The van der Waals surface area contributed by atoms with Crippen molar-refractivity contribution in [3.8, 4) is 0 Å². The maximum atomic E-state index is 11.7. The normalized spacial score (nSPS) is 10.3. The number of benzene rings is 3. The molecule has 0 fully saturated rings. The zero-order chi connectivity index (χ0) is 16.2. The predicted molar refractivity (Wildman–Crippen MR) is 101 cm³/mol. The number of carboxylic acid groups (broad SMARTS) is 1. The molecule has 1 N–H and O–H groups in total. The van der Waals surface area contributed by atoms with E-state index in [0.717, 1.165) is 14.9 Å². The van der Waals surface area contributed by atoms with Crippen molar-refractivity contribution in [2.75, 3.05) is 4.90 Å². The summed E-state index contributed by atoms with van der Waals surface area (Å²) in [7, 11) is 0. The molecule has 0 amide bonds. The van der Waals surface area contributed by atoms with Crippen molar-refractivity contribution >= 4 is 45.6 Å². The third-order valence-corrected chi connectivity index (χ3v) is 4.13. The molecule has 3 nitrogen and oxygen atoms in total. The van der Waals surface area contributed by atoms with E-state index < -0.39 is 5.97 Å². The molecule has 0 aliphatic heterocycles. The van der Waals surface area contributed by atoms with Crippen molar-refractivity contribution in [1.29, 1.82) is 0 Å². The van der Waals surface area contributed by atoms with Gasteiger partial charge in [0.25, 0.3) is 0 Å². The van der Waals surface area contributed by atoms with Crippen molar-refractivity contribution in [3.05, 3.63) is 88.0 Å². The van der Waals surface area contributed by atoms with Crippen LogP contribution in [0.5, 0.6) is 0 Å². The summed E-state index contributed by atoms with van der Waals surface area (Å²) < 4.78 is 0.893. The van der Waals surface area contributed by atoms with Gasteiger partial charge in [0.1, 0.15) is 0 Å². The number of carbonyl (C=O) groups is 1. The maximum absolute atomic E-state index is 11.7. The fourth-order valence-electron chi connectivity index (χ4n) is 2.46. The molecule has 0 heterocycles. The minimum absolute atomic E-state index is 0.282. The van der Waals surface area contributed by atoms with Gasteiger partial charge in [0.2, 0.25) is 0 Å². The summed E-state index contributed by atoms with van der Waals surface area (Å²) in [6, 6.07) is 25.0. The highest BCUT2D eigenvalue weighted by Gasteiger charge is 2.19. The largest absolute Gasteiger partial charge is 0.478 e. The van der Waals surface area contributed by atoms with E-state index in [4.69, 9.17) is 0 Å². The second-order valence-corrected chi connectivity index (χ2v) is 6.22. The molecule has 0 aliphatic rings. The fraction of sp³-hybridized carbons (Fsp3) is 0. The number of aromatic carboxylic acids is 1. The Labute approximate surface area is 148 Å². The molecule has 0 saturated heterocycles. The Kier molecular flexibility index (Phi) is 4.62. The van der Waals surface area contributed by atoms with Crippen LogP contribution in [0.4, 0.5) is 17.1 Å². The van der Waals surface area contributed by atoms with Gasteiger partial charge < -0.3 is 10.0 Å². The monoisotopic (exact) mass is 415 g/mol. The van der Waals surface area contributed by atoms with E-state index in [1.807, 2.05) is 77.7 Å². The summed E-state index contributed by atoms with van der Waals surface area (Å²) in [4.78, 5) is 13.7.